The molecule has 0 saturated heterocycles. The number of anilines is 2. The molecule has 0 fully saturated rings. The summed E-state index contributed by atoms with van der Waals surface area (Å²) in [7, 11) is 2.90. The number of nitrogens with one attached hydrogen (secondary N) is 2. The van der Waals surface area contributed by atoms with Gasteiger partial charge < -0.3 is 15.2 Å². The first-order valence-corrected chi connectivity index (χ1v) is 7.97. The van der Waals surface area contributed by atoms with Crippen LogP contribution in [-0.2, 0) is 23.7 Å². The lowest BCUT2D eigenvalue weighted by Crippen LogP contribution is -2.37. The Labute approximate surface area is 149 Å². The summed E-state index contributed by atoms with van der Waals surface area (Å²) in [5, 5.41) is 5.36. The Morgan fingerprint density at radius 2 is 1.62 bits per heavy atom. The van der Waals surface area contributed by atoms with Crippen LogP contribution in [0.1, 0.15) is 18.9 Å². The molecule has 2 aromatic rings. The Balaban J connectivity index is 2.07. The van der Waals surface area contributed by atoms with Gasteiger partial charge in [-0.25, -0.2) is 4.79 Å². The highest BCUT2D eigenvalue weighted by Gasteiger charge is 2.05. The van der Waals surface area contributed by atoms with E-state index in [0.717, 1.165) is 4.57 Å². The molecular weight excluding hydrogens is 336 g/mol. The Morgan fingerprint density at radius 1 is 1.04 bits per heavy atom. The second-order valence-electron chi connectivity index (χ2n) is 5.64. The summed E-state index contributed by atoms with van der Waals surface area (Å²) in [5.41, 5.74) is 0.490. The fourth-order valence-electron chi connectivity index (χ4n) is 2.19. The molecule has 0 aliphatic rings. The van der Waals surface area contributed by atoms with Gasteiger partial charge in [-0.15, -0.1) is 0 Å². The third-order valence-electron chi connectivity index (χ3n) is 3.64. The van der Waals surface area contributed by atoms with E-state index in [1.165, 1.54) is 37.0 Å². The van der Waals surface area contributed by atoms with Crippen molar-refractivity contribution in [1.29, 1.82) is 0 Å². The Bertz CT molecular complexity index is 968. The molecule has 26 heavy (non-hydrogen) atoms. The van der Waals surface area contributed by atoms with Crippen LogP contribution >= 0.6 is 0 Å². The van der Waals surface area contributed by atoms with Crippen molar-refractivity contribution in [2.24, 2.45) is 14.1 Å². The predicted molar refractivity (Wildman–Crippen MR) is 100.0 cm³/mol. The average molecular weight is 356 g/mol. The number of benzene rings is 1. The second-order valence-corrected chi connectivity index (χ2v) is 5.64. The van der Waals surface area contributed by atoms with Crippen molar-refractivity contribution >= 4 is 29.3 Å². The molecule has 0 bridgehead atoms. The zero-order valence-electron chi connectivity index (χ0n) is 14.8. The summed E-state index contributed by atoms with van der Waals surface area (Å²) in [6.45, 7) is 1.76. The van der Waals surface area contributed by atoms with Gasteiger partial charge in [-0.2, -0.15) is 0 Å². The molecule has 1 heterocycles. The molecule has 1 aromatic carbocycles. The first kappa shape index (κ1) is 18.9. The number of nitrogens with zero attached hydrogens (tertiary/aromatic N) is 2. The highest BCUT2D eigenvalue weighted by molar-refractivity contribution is 6.02. The largest absolute Gasteiger partial charge is 0.330 e. The maximum absolute atomic E-state index is 12.0. The molecule has 136 valence electrons. The van der Waals surface area contributed by atoms with Crippen LogP contribution in [0.25, 0.3) is 6.08 Å². The zero-order chi connectivity index (χ0) is 19.3. The summed E-state index contributed by atoms with van der Waals surface area (Å²) >= 11 is 0. The van der Waals surface area contributed by atoms with Crippen LogP contribution in [0.2, 0.25) is 0 Å². The molecule has 2 N–H and O–H groups in total. The van der Waals surface area contributed by atoms with Crippen molar-refractivity contribution < 1.29 is 9.59 Å². The van der Waals surface area contributed by atoms with Gasteiger partial charge in [0, 0.05) is 44.2 Å². The maximum atomic E-state index is 12.0. The fourth-order valence-corrected chi connectivity index (χ4v) is 2.19. The first-order valence-electron chi connectivity index (χ1n) is 7.97. The van der Waals surface area contributed by atoms with Crippen LogP contribution in [-0.4, -0.2) is 20.9 Å². The van der Waals surface area contributed by atoms with E-state index < -0.39 is 17.2 Å². The van der Waals surface area contributed by atoms with E-state index in [0.29, 0.717) is 17.8 Å². The van der Waals surface area contributed by atoms with Gasteiger partial charge in [-0.3, -0.25) is 19.0 Å². The monoisotopic (exact) mass is 356 g/mol. The first-order chi connectivity index (χ1) is 12.3. The van der Waals surface area contributed by atoms with E-state index in [2.05, 4.69) is 10.6 Å². The number of aryl methyl sites for hydroxylation is 1. The van der Waals surface area contributed by atoms with E-state index in [1.54, 1.807) is 31.2 Å². The van der Waals surface area contributed by atoms with Crippen LogP contribution in [0.4, 0.5) is 11.4 Å². The molecule has 0 aliphatic carbocycles. The van der Waals surface area contributed by atoms with Crippen molar-refractivity contribution in [3.8, 4) is 0 Å². The van der Waals surface area contributed by atoms with Crippen molar-refractivity contribution in [1.82, 2.24) is 9.13 Å². The van der Waals surface area contributed by atoms with Gasteiger partial charge >= 0.3 is 5.69 Å². The van der Waals surface area contributed by atoms with Crippen LogP contribution in [0.15, 0.2) is 46.1 Å². The van der Waals surface area contributed by atoms with E-state index in [1.807, 2.05) is 0 Å². The molecule has 0 radical (unpaired) electrons. The van der Waals surface area contributed by atoms with Crippen molar-refractivity contribution in [3.05, 3.63) is 62.9 Å². The van der Waals surface area contributed by atoms with Crippen molar-refractivity contribution in [2.45, 2.75) is 13.3 Å². The predicted octanol–water partition coefficient (Wildman–Crippen LogP) is 1.08. The van der Waals surface area contributed by atoms with Gasteiger partial charge in [-0.05, 0) is 30.3 Å². The van der Waals surface area contributed by atoms with Crippen LogP contribution < -0.4 is 21.9 Å². The molecule has 0 atom stereocenters. The third kappa shape index (κ3) is 4.56. The average Bonchev–Trinajstić information content (AvgIpc) is 2.63. The molecule has 1 aromatic heterocycles. The summed E-state index contributed by atoms with van der Waals surface area (Å²) in [4.78, 5) is 46.9. The van der Waals surface area contributed by atoms with Crippen LogP contribution in [0.5, 0.6) is 0 Å². The van der Waals surface area contributed by atoms with E-state index >= 15 is 0 Å². The molecule has 0 unspecified atom stereocenters. The van der Waals surface area contributed by atoms with E-state index in [9.17, 15) is 19.2 Å². The molecular formula is C18H20N4O4. The highest BCUT2D eigenvalue weighted by Crippen LogP contribution is 2.13. The number of carbonyl (C=O) groups is 2. The number of carbonyl (C=O) groups excluding carboxylic acids is 2. The van der Waals surface area contributed by atoms with E-state index in [-0.39, 0.29) is 11.5 Å². The van der Waals surface area contributed by atoms with Crippen LogP contribution in [0, 0.1) is 0 Å². The summed E-state index contributed by atoms with van der Waals surface area (Å²) < 4.78 is 2.24. The Hall–Kier alpha value is -3.42. The van der Waals surface area contributed by atoms with Gasteiger partial charge in [0.15, 0.2) is 0 Å². The Kier molecular flexibility index (Phi) is 5.90. The number of aromatic nitrogens is 2. The number of amides is 2. The topological polar surface area (TPSA) is 102 Å². The number of hydrogen-bond donors (Lipinski definition) is 2. The lowest BCUT2D eigenvalue weighted by atomic mass is 10.2. The quantitative estimate of drug-likeness (QED) is 0.783. The van der Waals surface area contributed by atoms with Crippen molar-refractivity contribution in [2.75, 3.05) is 10.6 Å². The molecule has 0 saturated carbocycles. The maximum Gasteiger partial charge on any atom is 0.330 e. The molecule has 0 spiro atoms. The minimum absolute atomic E-state index is 0.0939. The standard InChI is InChI=1S/C18H20N4O4/c1-4-15(23)19-13-6-8-14(9-7-13)20-16(24)10-5-12-11-21(2)18(26)22(3)17(12)25/h5-11H,4H2,1-3H3,(H,19,23)(H,20,24)/b10-5+. The smallest absolute Gasteiger partial charge is 0.326 e. The lowest BCUT2D eigenvalue weighted by Gasteiger charge is -2.06. The normalized spacial score (nSPS) is 10.7. The minimum atomic E-state index is -0.479. The zero-order valence-corrected chi connectivity index (χ0v) is 14.8. The molecule has 8 heteroatoms. The van der Waals surface area contributed by atoms with Gasteiger partial charge in [-0.1, -0.05) is 6.92 Å². The lowest BCUT2D eigenvalue weighted by molar-refractivity contribution is -0.116. The minimum Gasteiger partial charge on any atom is -0.326 e. The highest BCUT2D eigenvalue weighted by atomic mass is 16.2. The fraction of sp³-hybridized carbons (Fsp3) is 0.222. The van der Waals surface area contributed by atoms with Gasteiger partial charge in [0.05, 0.1) is 5.56 Å². The Morgan fingerprint density at radius 3 is 2.19 bits per heavy atom. The summed E-state index contributed by atoms with van der Waals surface area (Å²) in [5.74, 6) is -0.519. The molecule has 8 nitrogen and oxygen atoms in total. The molecule has 0 aliphatic heterocycles. The van der Waals surface area contributed by atoms with Crippen LogP contribution in [0.3, 0.4) is 0 Å². The summed E-state index contributed by atoms with van der Waals surface area (Å²) in [6.07, 6.45) is 4.33. The SMILES string of the molecule is CCC(=O)Nc1ccc(NC(=O)/C=C/c2cn(C)c(=O)n(C)c2=O)cc1. The van der Waals surface area contributed by atoms with Gasteiger partial charge in [0.25, 0.3) is 5.56 Å². The molecule has 2 rings (SSSR count). The number of hydrogen-bond acceptors (Lipinski definition) is 4. The van der Waals surface area contributed by atoms with Crippen molar-refractivity contribution in [3.63, 3.8) is 0 Å². The van der Waals surface area contributed by atoms with Gasteiger partial charge in [0.1, 0.15) is 0 Å². The third-order valence-corrected chi connectivity index (χ3v) is 3.64. The number of rotatable bonds is 5. The van der Waals surface area contributed by atoms with E-state index in [4.69, 9.17) is 0 Å². The second kappa shape index (κ2) is 8.11. The molecule has 2 amide bonds. The summed E-state index contributed by atoms with van der Waals surface area (Å²) in [6, 6.07) is 6.66. The van der Waals surface area contributed by atoms with Gasteiger partial charge in [0.2, 0.25) is 11.8 Å².